The Kier molecular flexibility index (Phi) is 6.82. The van der Waals surface area contributed by atoms with Crippen LogP contribution in [-0.2, 0) is 10.1 Å². The van der Waals surface area contributed by atoms with Crippen molar-refractivity contribution in [1.82, 2.24) is 4.90 Å². The molecule has 3 aromatic carbocycles. The molecule has 4 rings (SSSR count). The van der Waals surface area contributed by atoms with E-state index < -0.39 is 10.1 Å². The van der Waals surface area contributed by atoms with Gasteiger partial charge in [0, 0.05) is 13.1 Å². The van der Waals surface area contributed by atoms with Crippen LogP contribution in [0.5, 0.6) is 0 Å². The third-order valence-corrected chi connectivity index (χ3v) is 5.67. The van der Waals surface area contributed by atoms with Crippen molar-refractivity contribution in [1.29, 1.82) is 0 Å². The fourth-order valence-electron chi connectivity index (χ4n) is 3.29. The van der Waals surface area contributed by atoms with Crippen molar-refractivity contribution in [3.8, 4) is 0 Å². The predicted molar refractivity (Wildman–Crippen MR) is 113 cm³/mol. The zero-order chi connectivity index (χ0) is 20.9. The van der Waals surface area contributed by atoms with E-state index in [0.29, 0.717) is 0 Å². The van der Waals surface area contributed by atoms with Crippen molar-refractivity contribution in [2.75, 3.05) is 13.1 Å². The molecular formula is C23H25NO4S. The highest BCUT2D eigenvalue weighted by Gasteiger charge is 2.32. The molecule has 1 aliphatic heterocycles. The molecule has 2 N–H and O–H groups in total. The van der Waals surface area contributed by atoms with E-state index in [0.717, 1.165) is 18.7 Å². The molecule has 1 heterocycles. The van der Waals surface area contributed by atoms with E-state index in [1.165, 1.54) is 23.3 Å². The normalized spacial score (nSPS) is 14.8. The molecule has 0 atom stereocenters. The van der Waals surface area contributed by atoms with Gasteiger partial charge in [-0.3, -0.25) is 9.45 Å². The molecule has 0 aliphatic carbocycles. The minimum absolute atomic E-state index is 0.0666. The second kappa shape index (κ2) is 9.33. The molecule has 0 amide bonds. The van der Waals surface area contributed by atoms with Crippen molar-refractivity contribution in [3.05, 3.63) is 102 Å². The highest BCUT2D eigenvalue weighted by atomic mass is 32.2. The van der Waals surface area contributed by atoms with E-state index >= 15 is 0 Å². The van der Waals surface area contributed by atoms with Crippen molar-refractivity contribution < 1.29 is 18.1 Å². The van der Waals surface area contributed by atoms with Gasteiger partial charge >= 0.3 is 0 Å². The van der Waals surface area contributed by atoms with Crippen LogP contribution < -0.4 is 0 Å². The maximum absolute atomic E-state index is 10.5. The molecule has 0 radical (unpaired) electrons. The summed E-state index contributed by atoms with van der Waals surface area (Å²) in [7, 11) is -4.02. The number of aliphatic hydroxyl groups is 1. The number of aryl methyl sites for hydroxylation is 1. The van der Waals surface area contributed by atoms with Crippen molar-refractivity contribution in [3.63, 3.8) is 0 Å². The monoisotopic (exact) mass is 411 g/mol. The van der Waals surface area contributed by atoms with Gasteiger partial charge in [0.25, 0.3) is 10.1 Å². The molecular weight excluding hydrogens is 386 g/mol. The number of hydrogen-bond acceptors (Lipinski definition) is 4. The van der Waals surface area contributed by atoms with Crippen molar-refractivity contribution in [2.24, 2.45) is 0 Å². The summed E-state index contributed by atoms with van der Waals surface area (Å²) in [5, 5.41) is 9.52. The van der Waals surface area contributed by atoms with E-state index in [2.05, 4.69) is 53.4 Å². The Morgan fingerprint density at radius 3 is 1.66 bits per heavy atom. The van der Waals surface area contributed by atoms with Crippen LogP contribution in [0, 0.1) is 6.92 Å². The Balaban J connectivity index is 0.000000188. The van der Waals surface area contributed by atoms with Gasteiger partial charge in [0.1, 0.15) is 0 Å². The standard InChI is InChI=1S/C16H17NO.C7H8O3S/c18-15-11-17(12-15)16(13-7-3-1-4-8-13)14-9-5-2-6-10-14;1-6-2-4-7(5-3-6)11(8,9)10/h1-10,15-16,18H,11-12H2;2-5H,1H3,(H,8,9,10). The smallest absolute Gasteiger partial charge is 0.294 e. The topological polar surface area (TPSA) is 77.8 Å². The number of rotatable bonds is 4. The van der Waals surface area contributed by atoms with E-state index in [4.69, 9.17) is 4.55 Å². The molecule has 0 bridgehead atoms. The fraction of sp³-hybridized carbons (Fsp3) is 0.217. The van der Waals surface area contributed by atoms with Crippen LogP contribution in [-0.4, -0.2) is 42.2 Å². The first kappa shape index (κ1) is 21.2. The van der Waals surface area contributed by atoms with Gasteiger partial charge in [-0.15, -0.1) is 0 Å². The summed E-state index contributed by atoms with van der Waals surface area (Å²) in [6.07, 6.45) is -0.167. The van der Waals surface area contributed by atoms with E-state index in [1.807, 2.05) is 19.1 Å². The van der Waals surface area contributed by atoms with Crippen LogP contribution >= 0.6 is 0 Å². The number of benzene rings is 3. The lowest BCUT2D eigenvalue weighted by Gasteiger charge is -2.42. The Morgan fingerprint density at radius 1 is 0.828 bits per heavy atom. The van der Waals surface area contributed by atoms with Gasteiger partial charge in [0.05, 0.1) is 17.0 Å². The first-order valence-corrected chi connectivity index (χ1v) is 10.8. The van der Waals surface area contributed by atoms with Crippen molar-refractivity contribution in [2.45, 2.75) is 24.0 Å². The fourth-order valence-corrected chi connectivity index (χ4v) is 3.77. The van der Waals surface area contributed by atoms with Gasteiger partial charge in [-0.25, -0.2) is 0 Å². The Morgan fingerprint density at radius 2 is 1.28 bits per heavy atom. The maximum Gasteiger partial charge on any atom is 0.294 e. The molecule has 0 saturated carbocycles. The summed E-state index contributed by atoms with van der Waals surface area (Å²) < 4.78 is 29.6. The molecule has 152 valence electrons. The maximum atomic E-state index is 10.5. The zero-order valence-electron chi connectivity index (χ0n) is 16.2. The molecule has 0 aromatic heterocycles. The summed E-state index contributed by atoms with van der Waals surface area (Å²) in [5.41, 5.74) is 3.53. The third-order valence-electron chi connectivity index (χ3n) is 4.81. The lowest BCUT2D eigenvalue weighted by molar-refractivity contribution is -0.0160. The molecule has 0 spiro atoms. The Bertz CT molecular complexity index is 960. The summed E-state index contributed by atoms with van der Waals surface area (Å²) in [5.74, 6) is 0. The summed E-state index contributed by atoms with van der Waals surface area (Å²) in [6.45, 7) is 3.36. The number of aliphatic hydroxyl groups excluding tert-OH is 1. The molecule has 29 heavy (non-hydrogen) atoms. The molecule has 1 fully saturated rings. The number of β-amino-alcohol motifs (C(OH)–C–C–N with tert-alkyl or cyclic N) is 1. The first-order valence-electron chi connectivity index (χ1n) is 9.41. The molecule has 1 aliphatic rings. The van der Waals surface area contributed by atoms with Crippen LogP contribution in [0.3, 0.4) is 0 Å². The SMILES string of the molecule is Cc1ccc(S(=O)(=O)O)cc1.OC1CN(C(c2ccccc2)c2ccccc2)C1. The highest BCUT2D eigenvalue weighted by molar-refractivity contribution is 7.85. The number of nitrogens with zero attached hydrogens (tertiary/aromatic N) is 1. The minimum atomic E-state index is -4.02. The first-order chi connectivity index (χ1) is 13.8. The van der Waals surface area contributed by atoms with Crippen LogP contribution in [0.15, 0.2) is 89.8 Å². The van der Waals surface area contributed by atoms with Crippen LogP contribution in [0.1, 0.15) is 22.7 Å². The molecule has 0 unspecified atom stereocenters. The number of hydrogen-bond donors (Lipinski definition) is 2. The highest BCUT2D eigenvalue weighted by Crippen LogP contribution is 2.31. The Hall–Kier alpha value is -2.51. The quantitative estimate of drug-likeness (QED) is 0.640. The lowest BCUT2D eigenvalue weighted by atomic mass is 9.94. The van der Waals surface area contributed by atoms with Gasteiger partial charge in [-0.2, -0.15) is 8.42 Å². The van der Waals surface area contributed by atoms with Crippen LogP contribution in [0.2, 0.25) is 0 Å². The third kappa shape index (κ3) is 5.74. The van der Waals surface area contributed by atoms with Crippen LogP contribution in [0.25, 0.3) is 0 Å². The van der Waals surface area contributed by atoms with Gasteiger partial charge in [0.15, 0.2) is 0 Å². The summed E-state index contributed by atoms with van der Waals surface area (Å²) in [4.78, 5) is 2.25. The largest absolute Gasteiger partial charge is 0.390 e. The average molecular weight is 412 g/mol. The predicted octanol–water partition coefficient (Wildman–Crippen LogP) is 3.69. The van der Waals surface area contributed by atoms with E-state index in [-0.39, 0.29) is 17.0 Å². The molecule has 1 saturated heterocycles. The summed E-state index contributed by atoms with van der Waals surface area (Å²) >= 11 is 0. The minimum Gasteiger partial charge on any atom is -0.390 e. The Labute approximate surface area is 172 Å². The average Bonchev–Trinajstić information content (AvgIpc) is 2.69. The van der Waals surface area contributed by atoms with Crippen molar-refractivity contribution >= 4 is 10.1 Å². The second-order valence-electron chi connectivity index (χ2n) is 7.12. The molecule has 5 nitrogen and oxygen atoms in total. The van der Waals surface area contributed by atoms with E-state index in [1.54, 1.807) is 12.1 Å². The van der Waals surface area contributed by atoms with Crippen LogP contribution in [0.4, 0.5) is 0 Å². The zero-order valence-corrected chi connectivity index (χ0v) is 17.0. The second-order valence-corrected chi connectivity index (χ2v) is 8.54. The van der Waals surface area contributed by atoms with Gasteiger partial charge in [-0.1, -0.05) is 78.4 Å². The molecule has 3 aromatic rings. The van der Waals surface area contributed by atoms with Gasteiger partial charge < -0.3 is 5.11 Å². The number of likely N-dealkylation sites (tertiary alicyclic amines) is 1. The lowest BCUT2D eigenvalue weighted by Crippen LogP contribution is -2.52. The molecule has 6 heteroatoms. The van der Waals surface area contributed by atoms with Gasteiger partial charge in [-0.05, 0) is 30.2 Å². The summed E-state index contributed by atoms with van der Waals surface area (Å²) in [6, 6.07) is 27.2. The van der Waals surface area contributed by atoms with E-state index in [9.17, 15) is 13.5 Å². The van der Waals surface area contributed by atoms with Gasteiger partial charge in [0.2, 0.25) is 0 Å².